The summed E-state index contributed by atoms with van der Waals surface area (Å²) >= 11 is 0. The Bertz CT molecular complexity index is 503. The summed E-state index contributed by atoms with van der Waals surface area (Å²) in [5.41, 5.74) is -0.145. The summed E-state index contributed by atoms with van der Waals surface area (Å²) in [7, 11) is 0. The van der Waals surface area contributed by atoms with Crippen molar-refractivity contribution < 1.29 is 13.2 Å². The fraction of sp³-hybridized carbons (Fsp3) is 0.625. The van der Waals surface area contributed by atoms with Gasteiger partial charge in [0.1, 0.15) is 11.5 Å². The maximum atomic E-state index is 14.1. The Balaban J connectivity index is 1.92. The molecule has 1 atom stereocenters. The lowest BCUT2D eigenvalue weighted by molar-refractivity contribution is 0.199. The molecule has 2 aliphatic rings. The van der Waals surface area contributed by atoms with Crippen LogP contribution in [-0.4, -0.2) is 24.7 Å². The van der Waals surface area contributed by atoms with E-state index in [1.54, 1.807) is 4.90 Å². The zero-order chi connectivity index (χ0) is 15.0. The molecule has 0 radical (unpaired) electrons. The van der Waals surface area contributed by atoms with Crippen LogP contribution in [0, 0.1) is 17.5 Å². The third-order valence-corrected chi connectivity index (χ3v) is 4.86. The van der Waals surface area contributed by atoms with Crippen LogP contribution in [-0.2, 0) is 0 Å². The number of anilines is 1. The van der Waals surface area contributed by atoms with Crippen LogP contribution in [0.5, 0.6) is 0 Å². The molecule has 1 N–H and O–H groups in total. The van der Waals surface area contributed by atoms with Gasteiger partial charge in [0.15, 0.2) is 11.6 Å². The Kier molecular flexibility index (Phi) is 3.86. The van der Waals surface area contributed by atoms with Crippen molar-refractivity contribution in [1.82, 2.24) is 5.32 Å². The van der Waals surface area contributed by atoms with Gasteiger partial charge in [0.2, 0.25) is 0 Å². The van der Waals surface area contributed by atoms with Gasteiger partial charge in [-0.25, -0.2) is 13.2 Å². The molecule has 1 saturated carbocycles. The van der Waals surface area contributed by atoms with E-state index < -0.39 is 17.5 Å². The monoisotopic (exact) mass is 298 g/mol. The van der Waals surface area contributed by atoms with Crippen molar-refractivity contribution in [3.05, 3.63) is 29.6 Å². The van der Waals surface area contributed by atoms with E-state index in [4.69, 9.17) is 0 Å². The van der Waals surface area contributed by atoms with Crippen molar-refractivity contribution in [3.8, 4) is 0 Å². The number of hydrogen-bond donors (Lipinski definition) is 1. The fourth-order valence-corrected chi connectivity index (χ4v) is 3.68. The van der Waals surface area contributed by atoms with Crippen molar-refractivity contribution in [2.75, 3.05) is 18.0 Å². The minimum absolute atomic E-state index is 0.0213. The van der Waals surface area contributed by atoms with Crippen LogP contribution in [0.1, 0.15) is 39.0 Å². The molecular weight excluding hydrogens is 277 g/mol. The topological polar surface area (TPSA) is 15.3 Å². The van der Waals surface area contributed by atoms with E-state index in [-0.39, 0.29) is 17.3 Å². The first-order chi connectivity index (χ1) is 10.0. The quantitative estimate of drug-likeness (QED) is 0.852. The van der Waals surface area contributed by atoms with Gasteiger partial charge in [-0.1, -0.05) is 19.3 Å². The van der Waals surface area contributed by atoms with Crippen molar-refractivity contribution >= 4 is 5.69 Å². The van der Waals surface area contributed by atoms with Gasteiger partial charge < -0.3 is 10.2 Å². The standard InChI is InChI=1S/C16H21F3N2/c1-11-9-20-16(5-3-2-4-6-16)10-21(11)15-13(18)7-12(17)8-14(15)19/h7-8,11,20H,2-6,9-10H2,1H3. The molecule has 1 aliphatic carbocycles. The molecule has 21 heavy (non-hydrogen) atoms. The van der Waals surface area contributed by atoms with E-state index in [1.807, 2.05) is 6.92 Å². The van der Waals surface area contributed by atoms with Gasteiger partial charge >= 0.3 is 0 Å². The van der Waals surface area contributed by atoms with E-state index in [9.17, 15) is 13.2 Å². The van der Waals surface area contributed by atoms with E-state index in [2.05, 4.69) is 5.32 Å². The van der Waals surface area contributed by atoms with Crippen LogP contribution in [0.15, 0.2) is 12.1 Å². The normalized spacial score (nSPS) is 25.3. The average Bonchev–Trinajstić information content (AvgIpc) is 2.43. The minimum atomic E-state index is -0.871. The SMILES string of the molecule is CC1CNC2(CCCCC2)CN1c1c(F)cc(F)cc1F. The Morgan fingerprint density at radius 1 is 1.10 bits per heavy atom. The molecule has 1 saturated heterocycles. The van der Waals surface area contributed by atoms with Gasteiger partial charge in [-0.15, -0.1) is 0 Å². The van der Waals surface area contributed by atoms with Crippen LogP contribution < -0.4 is 10.2 Å². The zero-order valence-corrected chi connectivity index (χ0v) is 12.3. The van der Waals surface area contributed by atoms with E-state index >= 15 is 0 Å². The highest BCUT2D eigenvalue weighted by Gasteiger charge is 2.40. The summed E-state index contributed by atoms with van der Waals surface area (Å²) in [6, 6.07) is 1.51. The molecule has 116 valence electrons. The molecule has 1 unspecified atom stereocenters. The molecule has 1 aromatic carbocycles. The third kappa shape index (κ3) is 2.76. The second kappa shape index (κ2) is 5.52. The first-order valence-electron chi connectivity index (χ1n) is 7.67. The summed E-state index contributed by atoms with van der Waals surface area (Å²) in [6.45, 7) is 3.20. The lowest BCUT2D eigenvalue weighted by Crippen LogP contribution is -2.64. The summed E-state index contributed by atoms with van der Waals surface area (Å²) in [5, 5.41) is 3.57. The smallest absolute Gasteiger partial charge is 0.152 e. The molecule has 1 aromatic rings. The zero-order valence-electron chi connectivity index (χ0n) is 12.3. The number of hydrogen-bond acceptors (Lipinski definition) is 2. The number of nitrogens with one attached hydrogen (secondary N) is 1. The predicted molar refractivity (Wildman–Crippen MR) is 76.9 cm³/mol. The number of benzene rings is 1. The van der Waals surface area contributed by atoms with Gasteiger partial charge in [0, 0.05) is 36.8 Å². The van der Waals surface area contributed by atoms with E-state index in [0.29, 0.717) is 13.1 Å². The van der Waals surface area contributed by atoms with Crippen molar-refractivity contribution in [3.63, 3.8) is 0 Å². The molecule has 0 bridgehead atoms. The number of piperazine rings is 1. The van der Waals surface area contributed by atoms with Crippen LogP contribution in [0.2, 0.25) is 0 Å². The number of halogens is 3. The summed E-state index contributed by atoms with van der Waals surface area (Å²) < 4.78 is 41.3. The highest BCUT2D eigenvalue weighted by atomic mass is 19.1. The Labute approximate surface area is 123 Å². The van der Waals surface area contributed by atoms with E-state index in [0.717, 1.165) is 37.8 Å². The molecular formula is C16H21F3N2. The number of nitrogens with zero attached hydrogens (tertiary/aromatic N) is 1. The largest absolute Gasteiger partial charge is 0.361 e. The van der Waals surface area contributed by atoms with Crippen molar-refractivity contribution in [2.24, 2.45) is 0 Å². The van der Waals surface area contributed by atoms with Gasteiger partial charge in [0.05, 0.1) is 0 Å². The van der Waals surface area contributed by atoms with Gasteiger partial charge in [-0.05, 0) is 19.8 Å². The Hall–Kier alpha value is -1.23. The van der Waals surface area contributed by atoms with Gasteiger partial charge in [0.25, 0.3) is 0 Å². The van der Waals surface area contributed by atoms with Crippen LogP contribution in [0.25, 0.3) is 0 Å². The first kappa shape index (κ1) is 14.7. The maximum absolute atomic E-state index is 14.1. The fourth-order valence-electron chi connectivity index (χ4n) is 3.68. The highest BCUT2D eigenvalue weighted by molar-refractivity contribution is 5.51. The Morgan fingerprint density at radius 2 is 1.71 bits per heavy atom. The molecule has 0 aromatic heterocycles. The third-order valence-electron chi connectivity index (χ3n) is 4.86. The van der Waals surface area contributed by atoms with E-state index in [1.165, 1.54) is 6.42 Å². The van der Waals surface area contributed by atoms with Crippen molar-refractivity contribution in [2.45, 2.75) is 50.6 Å². The van der Waals surface area contributed by atoms with Gasteiger partial charge in [-0.3, -0.25) is 0 Å². The maximum Gasteiger partial charge on any atom is 0.152 e. The molecule has 1 aliphatic heterocycles. The van der Waals surface area contributed by atoms with Gasteiger partial charge in [-0.2, -0.15) is 0 Å². The summed E-state index contributed by atoms with van der Waals surface area (Å²) in [5.74, 6) is -2.50. The Morgan fingerprint density at radius 3 is 2.33 bits per heavy atom. The molecule has 5 heteroatoms. The molecule has 2 fully saturated rings. The van der Waals surface area contributed by atoms with Crippen LogP contribution in [0.3, 0.4) is 0 Å². The molecule has 2 nitrogen and oxygen atoms in total. The minimum Gasteiger partial charge on any atom is -0.361 e. The lowest BCUT2D eigenvalue weighted by atomic mass is 9.79. The highest BCUT2D eigenvalue weighted by Crippen LogP contribution is 2.35. The number of rotatable bonds is 1. The van der Waals surface area contributed by atoms with Crippen LogP contribution in [0.4, 0.5) is 18.9 Å². The summed E-state index contributed by atoms with van der Waals surface area (Å²) in [6.07, 6.45) is 5.56. The average molecular weight is 298 g/mol. The predicted octanol–water partition coefficient (Wildman–Crippen LogP) is 3.60. The lowest BCUT2D eigenvalue weighted by Gasteiger charge is -2.49. The molecule has 1 heterocycles. The second-order valence-corrected chi connectivity index (χ2v) is 6.42. The molecule has 0 amide bonds. The van der Waals surface area contributed by atoms with Crippen molar-refractivity contribution in [1.29, 1.82) is 0 Å². The molecule has 3 rings (SSSR count). The van der Waals surface area contributed by atoms with Crippen LogP contribution >= 0.6 is 0 Å². The molecule has 1 spiro atoms. The second-order valence-electron chi connectivity index (χ2n) is 6.42. The first-order valence-corrected chi connectivity index (χ1v) is 7.67. The summed E-state index contributed by atoms with van der Waals surface area (Å²) in [4.78, 5) is 1.77.